The van der Waals surface area contributed by atoms with E-state index in [-0.39, 0.29) is 54.8 Å². The Morgan fingerprint density at radius 2 is 1.53 bits per heavy atom. The summed E-state index contributed by atoms with van der Waals surface area (Å²) in [5, 5.41) is 33.8. The van der Waals surface area contributed by atoms with Gasteiger partial charge in [-0.2, -0.15) is 0 Å². The van der Waals surface area contributed by atoms with Crippen molar-refractivity contribution in [3.63, 3.8) is 0 Å². The molecule has 0 aromatic carbocycles. The molecular formula is C56H93NO14P+. The molecule has 4 aliphatic rings. The van der Waals surface area contributed by atoms with Gasteiger partial charge >= 0.3 is 13.8 Å². The molecule has 3 aliphatic heterocycles. The number of piperidine rings is 1. The SMILES string of the molecule is CC.CC[P+](C)=O.CO[C@H]1CC2CC[C@@H](C)[C@@](O)(O2)C(=O)C(=O)N2CCCCC2C(=O)O[C@H]([C@H](C)C[C@@H]2CCC(O)[C@H](OC)C2)CC(=O)[C@H](C)/C=C(\C)[C@@H](O)[C@@H](OC)C(=O)[C@H](C)C[C@H](C)/C=C/C=C/C=C/1C. The third-order valence-corrected chi connectivity index (χ3v) is 15.8. The molecule has 410 valence electrons. The monoisotopic (exact) mass is 1030 g/mol. The molecule has 0 aromatic rings. The maximum Gasteiger partial charge on any atom is 0.335 e. The number of aliphatic hydroxyl groups excluding tert-OH is 2. The summed E-state index contributed by atoms with van der Waals surface area (Å²) < 4.78 is 39.3. The van der Waals surface area contributed by atoms with Crippen LogP contribution in [0.3, 0.4) is 0 Å². The molecule has 1 aliphatic carbocycles. The highest BCUT2D eigenvalue weighted by atomic mass is 31.1. The topological polar surface area (TPSA) is 212 Å². The lowest BCUT2D eigenvalue weighted by Gasteiger charge is -2.42. The molecule has 16 atom stereocenters. The van der Waals surface area contributed by atoms with E-state index in [2.05, 4.69) is 0 Å². The van der Waals surface area contributed by atoms with Gasteiger partial charge in [0.1, 0.15) is 43.0 Å². The van der Waals surface area contributed by atoms with Gasteiger partial charge in [-0.25, -0.2) is 4.79 Å². The maximum atomic E-state index is 14.4. The molecule has 0 radical (unpaired) electrons. The van der Waals surface area contributed by atoms with Crippen LogP contribution >= 0.6 is 7.80 Å². The van der Waals surface area contributed by atoms with E-state index in [4.69, 9.17) is 23.7 Å². The normalized spacial score (nSPS) is 37.3. The second-order valence-electron chi connectivity index (χ2n) is 20.5. The molecule has 4 rings (SSSR count). The zero-order valence-electron chi connectivity index (χ0n) is 46.2. The summed E-state index contributed by atoms with van der Waals surface area (Å²) in [6, 6.07) is -1.14. The number of ether oxygens (including phenoxy) is 5. The van der Waals surface area contributed by atoms with Crippen molar-refractivity contribution in [2.24, 2.45) is 35.5 Å². The molecule has 2 saturated heterocycles. The number of esters is 1. The first-order valence-corrected chi connectivity index (χ1v) is 28.5. The van der Waals surface area contributed by atoms with E-state index in [9.17, 15) is 43.9 Å². The van der Waals surface area contributed by atoms with Gasteiger partial charge in [0.05, 0.1) is 24.4 Å². The molecule has 3 heterocycles. The van der Waals surface area contributed by atoms with E-state index in [1.54, 1.807) is 47.7 Å². The van der Waals surface area contributed by atoms with Crippen molar-refractivity contribution in [3.8, 4) is 0 Å². The van der Waals surface area contributed by atoms with Gasteiger partial charge in [-0.1, -0.05) is 89.5 Å². The Labute approximate surface area is 432 Å². The van der Waals surface area contributed by atoms with E-state index < -0.39 is 91.7 Å². The summed E-state index contributed by atoms with van der Waals surface area (Å²) in [6.45, 7) is 20.4. The molecule has 2 bridgehead atoms. The van der Waals surface area contributed by atoms with Crippen LogP contribution in [-0.2, 0) is 52.2 Å². The number of cyclic esters (lactones) is 1. The van der Waals surface area contributed by atoms with Gasteiger partial charge in [0.25, 0.3) is 11.7 Å². The highest BCUT2D eigenvalue weighted by molar-refractivity contribution is 7.43. The van der Waals surface area contributed by atoms with Crippen LogP contribution in [-0.4, -0.2) is 145 Å². The minimum atomic E-state index is -2.43. The minimum absolute atomic E-state index is 0.0193. The van der Waals surface area contributed by atoms with Crippen molar-refractivity contribution in [1.82, 2.24) is 4.90 Å². The molecule has 3 N–H and O–H groups in total. The maximum absolute atomic E-state index is 14.4. The number of carbonyl (C=O) groups excluding carboxylic acids is 5. The first-order valence-electron chi connectivity index (χ1n) is 26.6. The van der Waals surface area contributed by atoms with Gasteiger partial charge in [0.15, 0.2) is 5.78 Å². The van der Waals surface area contributed by atoms with Crippen LogP contribution in [0.1, 0.15) is 146 Å². The number of allylic oxidation sites excluding steroid dienone is 6. The highest BCUT2D eigenvalue weighted by Gasteiger charge is 2.53. The van der Waals surface area contributed by atoms with E-state index >= 15 is 0 Å². The van der Waals surface area contributed by atoms with E-state index in [1.807, 2.05) is 78.8 Å². The Morgan fingerprint density at radius 3 is 2.14 bits per heavy atom. The van der Waals surface area contributed by atoms with Crippen LogP contribution in [0.2, 0.25) is 0 Å². The van der Waals surface area contributed by atoms with Crippen molar-refractivity contribution < 1.29 is 67.5 Å². The molecule has 3 fully saturated rings. The van der Waals surface area contributed by atoms with Gasteiger partial charge in [-0.3, -0.25) is 19.2 Å². The zero-order chi connectivity index (χ0) is 54.5. The number of hydrogen-bond donors (Lipinski definition) is 3. The molecule has 4 unspecified atom stereocenters. The first-order chi connectivity index (χ1) is 34.0. The molecule has 0 spiro atoms. The van der Waals surface area contributed by atoms with E-state index in [1.165, 1.54) is 12.0 Å². The largest absolute Gasteiger partial charge is 0.460 e. The molecule has 72 heavy (non-hydrogen) atoms. The van der Waals surface area contributed by atoms with E-state index in [0.717, 1.165) is 18.2 Å². The fraction of sp³-hybridized carbons (Fsp3) is 0.768. The molecule has 1 amide bonds. The van der Waals surface area contributed by atoms with Crippen molar-refractivity contribution in [1.29, 1.82) is 0 Å². The fourth-order valence-corrected chi connectivity index (χ4v) is 10.1. The Hall–Kier alpha value is -3.27. The number of nitrogens with zero attached hydrogens (tertiary/aromatic N) is 1. The average Bonchev–Trinajstić information content (AvgIpc) is 3.36. The highest BCUT2D eigenvalue weighted by Crippen LogP contribution is 2.38. The number of ketones is 3. The van der Waals surface area contributed by atoms with Crippen LogP contribution in [0.4, 0.5) is 0 Å². The van der Waals surface area contributed by atoms with Gasteiger partial charge in [0.2, 0.25) is 5.79 Å². The summed E-state index contributed by atoms with van der Waals surface area (Å²) >= 11 is 0. The van der Waals surface area contributed by atoms with Crippen LogP contribution < -0.4 is 0 Å². The van der Waals surface area contributed by atoms with Crippen molar-refractivity contribution >= 4 is 37.0 Å². The third kappa shape index (κ3) is 19.1. The summed E-state index contributed by atoms with van der Waals surface area (Å²) in [5.41, 5.74) is 1.27. The Bertz CT molecular complexity index is 1880. The second kappa shape index (κ2) is 32.2. The van der Waals surface area contributed by atoms with E-state index in [0.29, 0.717) is 63.4 Å². The summed E-state index contributed by atoms with van der Waals surface area (Å²) in [6.07, 6.45) is 12.0. The smallest absolute Gasteiger partial charge is 0.335 e. The Balaban J connectivity index is 0.00000238. The molecule has 15 nitrogen and oxygen atoms in total. The lowest BCUT2D eigenvalue weighted by atomic mass is 9.78. The van der Waals surface area contributed by atoms with Crippen LogP contribution in [0.25, 0.3) is 0 Å². The molecule has 16 heteroatoms. The quantitative estimate of drug-likeness (QED) is 0.0943. The standard InChI is InChI=1S/C51H79NO13.C3H8OP.C2H6/c1-30-16-12-11-13-17-31(2)42(61-8)28-38-21-19-36(7)51(60,65-38)48(57)49(58)52-23-15-14-18-39(52)50(59)64-43(33(4)26-37-20-22-40(53)44(27-37)62-9)29-41(54)32(3)25-35(6)46(56)47(63-10)45(55)34(5)24-30;1-3-5(2)4;1-2/h11-13,16-17,25,30,32-34,36-40,42-44,46-47,53,56,60H,14-15,18-24,26-29H2,1-10H3;3H2,1-2H3;1-2H3/q;+1;/b13-11+,16-12+,31-17+,35-25+;;/t30-,32-,33-,34-,36-,37+,38?,39?,40?,42+,43+,44-,46-,47+,51-;;/m1../s1. The second-order valence-corrected chi connectivity index (χ2v) is 22.4. The summed E-state index contributed by atoms with van der Waals surface area (Å²) in [4.78, 5) is 71.8. The van der Waals surface area contributed by atoms with Crippen molar-refractivity contribution in [3.05, 3.63) is 47.6 Å². The number of hydrogen-bond acceptors (Lipinski definition) is 14. The van der Waals surface area contributed by atoms with Gasteiger partial charge < -0.3 is 43.9 Å². The number of rotatable bonds is 7. The third-order valence-electron chi connectivity index (χ3n) is 14.9. The first kappa shape index (κ1) is 64.8. The molecular weight excluding hydrogens is 942 g/mol. The predicted molar refractivity (Wildman–Crippen MR) is 281 cm³/mol. The van der Waals surface area contributed by atoms with Crippen molar-refractivity contribution in [2.45, 2.75) is 201 Å². The number of Topliss-reactive ketones (excluding diaryl/α,β-unsaturated/α-hetero) is 3. The number of methoxy groups -OCH3 is 3. The lowest BCUT2D eigenvalue weighted by molar-refractivity contribution is -0.265. The molecule has 1 saturated carbocycles. The average molecular weight is 1040 g/mol. The number of amides is 1. The number of carbonyl (C=O) groups is 5. The number of fused-ring (bicyclic) bond motifs is 3. The Morgan fingerprint density at radius 1 is 0.861 bits per heavy atom. The summed E-state index contributed by atoms with van der Waals surface area (Å²) in [5.74, 6) is -7.96. The van der Waals surface area contributed by atoms with Gasteiger partial charge in [0, 0.05) is 58.5 Å². The minimum Gasteiger partial charge on any atom is -0.460 e. The number of aliphatic hydroxyl groups is 3. The van der Waals surface area contributed by atoms with Crippen LogP contribution in [0.5, 0.6) is 0 Å². The van der Waals surface area contributed by atoms with Crippen LogP contribution in [0.15, 0.2) is 47.6 Å². The summed E-state index contributed by atoms with van der Waals surface area (Å²) in [7, 11) is 3.67. The predicted octanol–water partition coefficient (Wildman–Crippen LogP) is 8.67. The van der Waals surface area contributed by atoms with Gasteiger partial charge in [-0.05, 0) is 114 Å². The van der Waals surface area contributed by atoms with Gasteiger partial charge in [-0.15, -0.1) is 0 Å². The Kier molecular flexibility index (Phi) is 29.0. The molecule has 0 aromatic heterocycles. The van der Waals surface area contributed by atoms with Crippen molar-refractivity contribution in [2.75, 3.05) is 40.7 Å². The zero-order valence-corrected chi connectivity index (χ0v) is 47.1. The van der Waals surface area contributed by atoms with Crippen LogP contribution in [0, 0.1) is 35.5 Å². The fourth-order valence-electron chi connectivity index (χ4n) is 10.1. The lowest BCUT2D eigenvalue weighted by Crippen LogP contribution is -2.61.